The van der Waals surface area contributed by atoms with Crippen LogP contribution in [0.2, 0.25) is 0 Å². The average Bonchev–Trinajstić information content (AvgIpc) is 3.14. The maximum absolute atomic E-state index is 7.35. The van der Waals surface area contributed by atoms with Gasteiger partial charge in [-0.1, -0.05) is 0 Å². The van der Waals surface area contributed by atoms with Crippen LogP contribution in [0.4, 0.5) is 0 Å². The summed E-state index contributed by atoms with van der Waals surface area (Å²) in [6.07, 6.45) is 4.72. The Morgan fingerprint density at radius 1 is 0.750 bits per heavy atom. The zero-order valence-electron chi connectivity index (χ0n) is 13.7. The van der Waals surface area contributed by atoms with E-state index in [1.807, 2.05) is 0 Å². The Bertz CT molecular complexity index is 863. The van der Waals surface area contributed by atoms with E-state index >= 15 is 0 Å². The molecular weight excluding hydrogens is 414 g/mol. The number of hydrogen-bond acceptors (Lipinski definition) is 0. The van der Waals surface area contributed by atoms with Crippen LogP contribution in [0.5, 0.6) is 0 Å². The molecule has 2 aromatic carbocycles. The second-order valence-corrected chi connectivity index (χ2v) is 22.3. The molecule has 1 aliphatic heterocycles. The first kappa shape index (κ1) is 15.6. The number of halogens is 2. The van der Waals surface area contributed by atoms with Crippen molar-refractivity contribution in [3.05, 3.63) is 81.9 Å². The SMILES string of the molecule is CC1(C)C2=Cc3ccccc3[CH]2[Zr]([Cl])([Cl])[CH]2C1=Cc1ccccc12. The summed E-state index contributed by atoms with van der Waals surface area (Å²) in [5, 5.41) is 0. The van der Waals surface area contributed by atoms with Gasteiger partial charge in [-0.25, -0.2) is 0 Å². The summed E-state index contributed by atoms with van der Waals surface area (Å²) < 4.78 is 0.504. The molecular formula is C21H18Cl2Zr. The molecule has 0 aromatic heterocycles. The summed E-state index contributed by atoms with van der Waals surface area (Å²) in [5.74, 6) is 0. The molecule has 0 amide bonds. The van der Waals surface area contributed by atoms with Crippen LogP contribution in [0.25, 0.3) is 12.2 Å². The van der Waals surface area contributed by atoms with Crippen LogP contribution < -0.4 is 0 Å². The van der Waals surface area contributed by atoms with Crippen LogP contribution in [0.15, 0.2) is 59.7 Å². The number of fused-ring (bicyclic) bond motifs is 6. The molecule has 1 fully saturated rings. The second kappa shape index (κ2) is 4.97. The van der Waals surface area contributed by atoms with Crippen molar-refractivity contribution in [3.8, 4) is 0 Å². The van der Waals surface area contributed by atoms with Crippen LogP contribution in [0.3, 0.4) is 0 Å². The van der Waals surface area contributed by atoms with Gasteiger partial charge in [-0.15, -0.1) is 0 Å². The third-order valence-electron chi connectivity index (χ3n) is 6.07. The molecule has 0 radical (unpaired) electrons. The minimum absolute atomic E-state index is 0.00241. The van der Waals surface area contributed by atoms with E-state index in [0.29, 0.717) is 0 Å². The van der Waals surface area contributed by atoms with Crippen LogP contribution in [0.1, 0.15) is 43.4 Å². The van der Waals surface area contributed by atoms with Gasteiger partial charge in [0.15, 0.2) is 0 Å². The van der Waals surface area contributed by atoms with Crippen molar-refractivity contribution >= 4 is 29.2 Å². The first-order valence-electron chi connectivity index (χ1n) is 8.42. The van der Waals surface area contributed by atoms with Crippen molar-refractivity contribution in [2.75, 3.05) is 0 Å². The molecule has 1 saturated heterocycles. The quantitative estimate of drug-likeness (QED) is 0.431. The summed E-state index contributed by atoms with van der Waals surface area (Å²) >= 11 is -3.54. The standard InChI is InChI=1S/C21H18.2ClH.Zr/c1-21(2,19-11-15-7-3-4-8-16(15)12-19)20-13-17-9-5-6-10-18(17)14-20;;;/h3-14H,1-2H3;2*1H;/q;;;+2/p-2. The van der Waals surface area contributed by atoms with Gasteiger partial charge in [0.1, 0.15) is 0 Å². The molecule has 120 valence electrons. The maximum atomic E-state index is 7.35. The van der Waals surface area contributed by atoms with E-state index in [1.165, 1.54) is 33.4 Å². The van der Waals surface area contributed by atoms with Gasteiger partial charge in [0.05, 0.1) is 0 Å². The summed E-state index contributed by atoms with van der Waals surface area (Å²) in [4.78, 5) is 0. The second-order valence-electron chi connectivity index (χ2n) is 7.62. The Morgan fingerprint density at radius 3 is 1.62 bits per heavy atom. The molecule has 2 atom stereocenters. The molecule has 0 N–H and O–H groups in total. The molecule has 2 aliphatic carbocycles. The normalized spacial score (nSPS) is 27.5. The fourth-order valence-corrected chi connectivity index (χ4v) is 18.8. The molecule has 0 bridgehead atoms. The fourth-order valence-electron chi connectivity index (χ4n) is 4.89. The van der Waals surface area contributed by atoms with Gasteiger partial charge >= 0.3 is 156 Å². The topological polar surface area (TPSA) is 0 Å². The molecule has 0 spiro atoms. The van der Waals surface area contributed by atoms with Gasteiger partial charge in [0.25, 0.3) is 0 Å². The van der Waals surface area contributed by atoms with Crippen molar-refractivity contribution in [2.24, 2.45) is 5.41 Å². The van der Waals surface area contributed by atoms with Crippen molar-refractivity contribution in [3.63, 3.8) is 0 Å². The predicted molar refractivity (Wildman–Crippen MR) is 99.8 cm³/mol. The third kappa shape index (κ3) is 1.85. The van der Waals surface area contributed by atoms with E-state index in [2.05, 4.69) is 74.5 Å². The number of allylic oxidation sites excluding steroid dienone is 2. The van der Waals surface area contributed by atoms with Gasteiger partial charge < -0.3 is 0 Å². The number of rotatable bonds is 0. The molecule has 5 rings (SSSR count). The molecule has 2 unspecified atom stereocenters. The molecule has 3 heteroatoms. The Hall–Kier alpha value is -0.617. The van der Waals surface area contributed by atoms with E-state index in [0.717, 1.165) is 0 Å². The minimum atomic E-state index is -3.54. The Labute approximate surface area is 154 Å². The summed E-state index contributed by atoms with van der Waals surface area (Å²) in [7, 11) is 14.7. The predicted octanol–water partition coefficient (Wildman–Crippen LogP) is 6.76. The van der Waals surface area contributed by atoms with Gasteiger partial charge in [-0.05, 0) is 0 Å². The first-order chi connectivity index (χ1) is 11.4. The Balaban J connectivity index is 1.80. The van der Waals surface area contributed by atoms with Gasteiger partial charge in [-0.3, -0.25) is 0 Å². The number of benzene rings is 2. The van der Waals surface area contributed by atoms with E-state index in [4.69, 9.17) is 17.0 Å². The summed E-state index contributed by atoms with van der Waals surface area (Å²) in [5.41, 5.74) is 8.18. The Morgan fingerprint density at radius 2 is 1.17 bits per heavy atom. The molecule has 3 aliphatic rings. The van der Waals surface area contributed by atoms with E-state index < -0.39 is 17.9 Å². The molecule has 24 heavy (non-hydrogen) atoms. The first-order valence-corrected chi connectivity index (χ1v) is 17.6. The van der Waals surface area contributed by atoms with Gasteiger partial charge in [-0.2, -0.15) is 0 Å². The van der Waals surface area contributed by atoms with Crippen LogP contribution in [-0.2, 0) is 17.9 Å². The van der Waals surface area contributed by atoms with Crippen LogP contribution >= 0.6 is 17.0 Å². The van der Waals surface area contributed by atoms with Crippen molar-refractivity contribution in [2.45, 2.75) is 21.1 Å². The van der Waals surface area contributed by atoms with Crippen molar-refractivity contribution < 1.29 is 17.9 Å². The molecule has 0 saturated carbocycles. The van der Waals surface area contributed by atoms with E-state index in [9.17, 15) is 0 Å². The van der Waals surface area contributed by atoms with Gasteiger partial charge in [0.2, 0.25) is 0 Å². The average molecular weight is 433 g/mol. The van der Waals surface area contributed by atoms with Crippen LogP contribution in [-0.4, -0.2) is 0 Å². The van der Waals surface area contributed by atoms with Crippen LogP contribution in [0, 0.1) is 5.41 Å². The fraction of sp³-hybridized carbons (Fsp3) is 0.238. The molecule has 1 heterocycles. The third-order valence-corrected chi connectivity index (χ3v) is 18.1. The zero-order valence-corrected chi connectivity index (χ0v) is 17.7. The summed E-state index contributed by atoms with van der Waals surface area (Å²) in [6, 6.07) is 17.3. The van der Waals surface area contributed by atoms with E-state index in [-0.39, 0.29) is 12.7 Å². The van der Waals surface area contributed by atoms with Crippen molar-refractivity contribution in [1.29, 1.82) is 0 Å². The van der Waals surface area contributed by atoms with Gasteiger partial charge in [0, 0.05) is 0 Å². The molecule has 0 nitrogen and oxygen atoms in total. The van der Waals surface area contributed by atoms with Crippen molar-refractivity contribution in [1.82, 2.24) is 0 Å². The summed E-state index contributed by atoms with van der Waals surface area (Å²) in [6.45, 7) is 4.69. The zero-order chi connectivity index (χ0) is 16.7. The van der Waals surface area contributed by atoms with E-state index in [1.54, 1.807) is 0 Å². The monoisotopic (exact) mass is 430 g/mol. The molecule has 2 aromatic rings. The Kier molecular flexibility index (Phi) is 3.23. The number of hydrogen-bond donors (Lipinski definition) is 0.